The van der Waals surface area contributed by atoms with Crippen molar-refractivity contribution in [1.82, 2.24) is 9.47 Å². The van der Waals surface area contributed by atoms with Gasteiger partial charge in [-0.25, -0.2) is 0 Å². The molecule has 0 atom stereocenters. The number of hydrogen-bond donors (Lipinski definition) is 1. The van der Waals surface area contributed by atoms with Crippen molar-refractivity contribution in [3.8, 4) is 11.6 Å². The number of morpholine rings is 1. The number of aromatic hydroxyl groups is 1. The highest BCUT2D eigenvalue weighted by Gasteiger charge is 2.20. The number of halogens is 2. The normalized spacial score (nSPS) is 14.4. The Kier molecular flexibility index (Phi) is 7.85. The Bertz CT molecular complexity index is 1450. The Hall–Kier alpha value is -3.24. The number of azo groups is 1. The van der Waals surface area contributed by atoms with Crippen LogP contribution in [0.15, 0.2) is 81.4 Å². The molecule has 0 radical (unpaired) electrons. The van der Waals surface area contributed by atoms with Gasteiger partial charge in [0, 0.05) is 33.5 Å². The van der Waals surface area contributed by atoms with Crippen LogP contribution in [-0.2, 0) is 18.0 Å². The van der Waals surface area contributed by atoms with Crippen molar-refractivity contribution < 1.29 is 19.4 Å². The first-order valence-corrected chi connectivity index (χ1v) is 12.9. The molecule has 1 amide bonds. The first-order chi connectivity index (χ1) is 18.0. The fraction of sp³-hybridized carbons (Fsp3) is 0.222. The summed E-state index contributed by atoms with van der Waals surface area (Å²) in [6.45, 7) is 3.67. The van der Waals surface area contributed by atoms with Crippen molar-refractivity contribution in [3.05, 3.63) is 87.4 Å². The van der Waals surface area contributed by atoms with E-state index in [9.17, 15) is 9.90 Å². The molecule has 1 aliphatic rings. The summed E-state index contributed by atoms with van der Waals surface area (Å²) < 4.78 is 13.8. The van der Waals surface area contributed by atoms with Gasteiger partial charge in [0.2, 0.25) is 5.88 Å². The molecule has 1 saturated heterocycles. The second-order valence-electron chi connectivity index (χ2n) is 8.58. The number of aromatic nitrogens is 1. The highest BCUT2D eigenvalue weighted by molar-refractivity contribution is 9.10. The van der Waals surface area contributed by atoms with Crippen LogP contribution in [0.5, 0.6) is 11.6 Å². The zero-order chi connectivity index (χ0) is 25.8. The van der Waals surface area contributed by atoms with Gasteiger partial charge in [-0.3, -0.25) is 14.3 Å². The SMILES string of the molecule is O=C(N=Nc1c(O)n(CN2CCOCC2)c2ccc(Br)cc12)c1ccc(OCc2cccc(Cl)c2)cc1. The Morgan fingerprint density at radius 3 is 2.62 bits per heavy atom. The van der Waals surface area contributed by atoms with E-state index in [1.54, 1.807) is 34.9 Å². The van der Waals surface area contributed by atoms with Crippen LogP contribution in [-0.4, -0.2) is 46.8 Å². The fourth-order valence-electron chi connectivity index (χ4n) is 4.12. The summed E-state index contributed by atoms with van der Waals surface area (Å²) in [7, 11) is 0. The lowest BCUT2D eigenvalue weighted by atomic mass is 10.2. The first kappa shape index (κ1) is 25.4. The predicted molar refractivity (Wildman–Crippen MR) is 145 cm³/mol. The lowest BCUT2D eigenvalue weighted by molar-refractivity contribution is 0.0231. The average Bonchev–Trinajstić information content (AvgIpc) is 3.16. The maximum atomic E-state index is 12.7. The van der Waals surface area contributed by atoms with E-state index in [4.69, 9.17) is 21.1 Å². The number of benzene rings is 3. The monoisotopic (exact) mass is 582 g/mol. The predicted octanol–water partition coefficient (Wildman–Crippen LogP) is 6.56. The number of carbonyl (C=O) groups excluding carboxylic acids is 1. The molecule has 190 valence electrons. The van der Waals surface area contributed by atoms with E-state index in [1.165, 1.54) is 0 Å². The number of carbonyl (C=O) groups is 1. The Balaban J connectivity index is 1.32. The molecular weight excluding hydrogens is 560 g/mol. The number of fused-ring (bicyclic) bond motifs is 1. The van der Waals surface area contributed by atoms with Crippen molar-refractivity contribution in [2.75, 3.05) is 26.3 Å². The topological polar surface area (TPSA) is 88.6 Å². The second-order valence-corrected chi connectivity index (χ2v) is 9.93. The average molecular weight is 584 g/mol. The quantitative estimate of drug-likeness (QED) is 0.249. The Labute approximate surface area is 227 Å². The molecule has 8 nitrogen and oxygen atoms in total. The highest BCUT2D eigenvalue weighted by Crippen LogP contribution is 2.40. The van der Waals surface area contributed by atoms with E-state index in [0.717, 1.165) is 28.6 Å². The van der Waals surface area contributed by atoms with Gasteiger partial charge in [0.15, 0.2) is 5.69 Å². The summed E-state index contributed by atoms with van der Waals surface area (Å²) in [5.41, 5.74) is 2.35. The van der Waals surface area contributed by atoms with Crippen LogP contribution in [0.25, 0.3) is 10.9 Å². The van der Waals surface area contributed by atoms with Gasteiger partial charge in [0.25, 0.3) is 5.91 Å². The van der Waals surface area contributed by atoms with Crippen LogP contribution < -0.4 is 4.74 Å². The Morgan fingerprint density at radius 2 is 1.86 bits per heavy atom. The zero-order valence-electron chi connectivity index (χ0n) is 19.8. The van der Waals surface area contributed by atoms with E-state index in [1.807, 2.05) is 36.4 Å². The molecule has 1 N–H and O–H groups in total. The lowest BCUT2D eigenvalue weighted by Gasteiger charge is -2.27. The summed E-state index contributed by atoms with van der Waals surface area (Å²) >= 11 is 9.49. The van der Waals surface area contributed by atoms with Crippen LogP contribution in [0.4, 0.5) is 5.69 Å². The maximum absolute atomic E-state index is 12.7. The molecule has 0 spiro atoms. The molecule has 3 aromatic carbocycles. The van der Waals surface area contributed by atoms with E-state index < -0.39 is 5.91 Å². The number of amides is 1. The van der Waals surface area contributed by atoms with Gasteiger partial charge in [0.05, 0.1) is 25.4 Å². The molecule has 37 heavy (non-hydrogen) atoms. The third kappa shape index (κ3) is 6.02. The van der Waals surface area contributed by atoms with Gasteiger partial charge in [-0.15, -0.1) is 10.2 Å². The third-order valence-corrected chi connectivity index (χ3v) is 6.78. The summed E-state index contributed by atoms with van der Waals surface area (Å²) in [5.74, 6) is 0.0490. The van der Waals surface area contributed by atoms with Crippen molar-refractivity contribution in [2.24, 2.45) is 10.2 Å². The molecule has 0 aliphatic carbocycles. The number of hydrogen-bond acceptors (Lipinski definition) is 6. The summed E-state index contributed by atoms with van der Waals surface area (Å²) in [5, 5.41) is 20.4. The summed E-state index contributed by atoms with van der Waals surface area (Å²) in [4.78, 5) is 14.9. The van der Waals surface area contributed by atoms with Crippen LogP contribution in [0.3, 0.4) is 0 Å². The minimum atomic E-state index is -0.523. The molecule has 0 saturated carbocycles. The minimum Gasteiger partial charge on any atom is -0.493 e. The lowest BCUT2D eigenvalue weighted by Crippen LogP contribution is -2.37. The van der Waals surface area contributed by atoms with Gasteiger partial charge in [-0.05, 0) is 60.2 Å². The van der Waals surface area contributed by atoms with Crippen LogP contribution in [0.2, 0.25) is 5.02 Å². The molecule has 4 aromatic rings. The van der Waals surface area contributed by atoms with Gasteiger partial charge in [0.1, 0.15) is 12.4 Å². The van der Waals surface area contributed by atoms with Crippen molar-refractivity contribution in [1.29, 1.82) is 0 Å². The second kappa shape index (κ2) is 11.4. The molecule has 0 bridgehead atoms. The molecular formula is C27H24BrClN4O4. The third-order valence-electron chi connectivity index (χ3n) is 6.05. The van der Waals surface area contributed by atoms with Crippen molar-refractivity contribution >= 4 is 50.0 Å². The van der Waals surface area contributed by atoms with Crippen LogP contribution in [0, 0.1) is 0 Å². The van der Waals surface area contributed by atoms with Crippen molar-refractivity contribution in [3.63, 3.8) is 0 Å². The first-order valence-electron chi connectivity index (χ1n) is 11.7. The fourth-order valence-corrected chi connectivity index (χ4v) is 4.69. The highest BCUT2D eigenvalue weighted by atomic mass is 79.9. The van der Waals surface area contributed by atoms with Gasteiger partial charge >= 0.3 is 0 Å². The van der Waals surface area contributed by atoms with Crippen molar-refractivity contribution in [2.45, 2.75) is 13.3 Å². The molecule has 5 rings (SSSR count). The largest absolute Gasteiger partial charge is 0.493 e. The van der Waals surface area contributed by atoms with Crippen LogP contribution in [0.1, 0.15) is 15.9 Å². The zero-order valence-corrected chi connectivity index (χ0v) is 22.2. The smallest absolute Gasteiger partial charge is 0.295 e. The van der Waals surface area contributed by atoms with Crippen LogP contribution >= 0.6 is 27.5 Å². The number of nitrogens with zero attached hydrogens (tertiary/aromatic N) is 4. The summed E-state index contributed by atoms with van der Waals surface area (Å²) in [6, 6.07) is 19.8. The Morgan fingerprint density at radius 1 is 1.08 bits per heavy atom. The molecule has 1 fully saturated rings. The minimum absolute atomic E-state index is 0.0408. The number of ether oxygens (including phenoxy) is 2. The molecule has 0 unspecified atom stereocenters. The molecule has 1 aliphatic heterocycles. The van der Waals surface area contributed by atoms with E-state index in [-0.39, 0.29) is 11.6 Å². The number of rotatable bonds is 7. The molecule has 10 heteroatoms. The van der Waals surface area contributed by atoms with Gasteiger partial charge < -0.3 is 14.6 Å². The summed E-state index contributed by atoms with van der Waals surface area (Å²) in [6.07, 6.45) is 0. The van der Waals surface area contributed by atoms with E-state index in [0.29, 0.717) is 48.2 Å². The molecule has 1 aromatic heterocycles. The standard InChI is InChI=1S/C27H24BrClN4O4/c28-20-6-9-24-23(15-20)25(27(35)33(24)17-32-10-12-36-13-11-32)30-31-26(34)19-4-7-22(8-5-19)37-16-18-2-1-3-21(29)14-18/h1-9,14-15,35H,10-13,16-17H2. The maximum Gasteiger partial charge on any atom is 0.295 e. The van der Waals surface area contributed by atoms with E-state index in [2.05, 4.69) is 31.1 Å². The molecule has 2 heterocycles. The van der Waals surface area contributed by atoms with Gasteiger partial charge in [-0.2, -0.15) is 0 Å². The van der Waals surface area contributed by atoms with E-state index >= 15 is 0 Å². The van der Waals surface area contributed by atoms with Gasteiger partial charge in [-0.1, -0.05) is 39.7 Å².